The zero-order valence-corrected chi connectivity index (χ0v) is 10.8. The zero-order valence-electron chi connectivity index (χ0n) is 10.8. The van der Waals surface area contributed by atoms with Crippen LogP contribution in [0.25, 0.3) is 0 Å². The third kappa shape index (κ3) is 3.49. The Morgan fingerprint density at radius 3 is 2.16 bits per heavy atom. The molecule has 0 spiro atoms. The van der Waals surface area contributed by atoms with Gasteiger partial charge in [-0.2, -0.15) is 5.26 Å². The summed E-state index contributed by atoms with van der Waals surface area (Å²) in [5.41, 5.74) is 1.67. The lowest BCUT2D eigenvalue weighted by Crippen LogP contribution is -1.99. The monoisotopic (exact) mass is 253 g/mol. The van der Waals surface area contributed by atoms with E-state index in [1.165, 1.54) is 0 Å². The molecule has 96 valence electrons. The van der Waals surface area contributed by atoms with Crippen molar-refractivity contribution >= 4 is 0 Å². The van der Waals surface area contributed by atoms with Gasteiger partial charge in [0.15, 0.2) is 11.5 Å². The Morgan fingerprint density at radius 2 is 1.58 bits per heavy atom. The molecule has 0 aromatic heterocycles. The highest BCUT2D eigenvalue weighted by molar-refractivity contribution is 5.39. The van der Waals surface area contributed by atoms with Crippen molar-refractivity contribution in [3.8, 4) is 17.6 Å². The van der Waals surface area contributed by atoms with Gasteiger partial charge in [-0.25, -0.2) is 0 Å². The van der Waals surface area contributed by atoms with E-state index >= 15 is 0 Å². The third-order valence-corrected chi connectivity index (χ3v) is 2.63. The third-order valence-electron chi connectivity index (χ3n) is 2.63. The summed E-state index contributed by atoms with van der Waals surface area (Å²) < 4.78 is 11.2. The molecule has 0 heterocycles. The second kappa shape index (κ2) is 6.46. The lowest BCUT2D eigenvalue weighted by atomic mass is 10.1. The van der Waals surface area contributed by atoms with Gasteiger partial charge in [-0.15, -0.1) is 0 Å². The number of nitrogens with zero attached hydrogens (tertiary/aromatic N) is 1. The van der Waals surface area contributed by atoms with Crippen molar-refractivity contribution in [3.05, 3.63) is 59.7 Å². The fraction of sp³-hybridized carbons (Fsp3) is 0.188. The Hall–Kier alpha value is -2.47. The maximum Gasteiger partial charge on any atom is 0.161 e. The van der Waals surface area contributed by atoms with Crippen molar-refractivity contribution in [2.45, 2.75) is 13.5 Å². The fourth-order valence-corrected chi connectivity index (χ4v) is 1.68. The average Bonchev–Trinajstić information content (AvgIpc) is 2.47. The molecular weight excluding hydrogens is 238 g/mol. The molecule has 2 aromatic carbocycles. The summed E-state index contributed by atoms with van der Waals surface area (Å²) in [5.74, 6) is 1.48. The SMILES string of the molecule is CCOc1ccccc1OCc1ccc(C#N)cc1. The molecule has 0 saturated heterocycles. The number of ether oxygens (including phenoxy) is 2. The summed E-state index contributed by atoms with van der Waals surface area (Å²) in [6, 6.07) is 17.0. The molecule has 19 heavy (non-hydrogen) atoms. The van der Waals surface area contributed by atoms with Crippen LogP contribution in [-0.2, 0) is 6.61 Å². The summed E-state index contributed by atoms with van der Waals surface area (Å²) in [5, 5.41) is 8.73. The van der Waals surface area contributed by atoms with Gasteiger partial charge < -0.3 is 9.47 Å². The first kappa shape index (κ1) is 13.0. The first-order valence-corrected chi connectivity index (χ1v) is 6.17. The van der Waals surface area contributed by atoms with E-state index in [-0.39, 0.29) is 0 Å². The minimum absolute atomic E-state index is 0.454. The van der Waals surface area contributed by atoms with Crippen molar-refractivity contribution in [3.63, 3.8) is 0 Å². The Balaban J connectivity index is 2.03. The highest BCUT2D eigenvalue weighted by Gasteiger charge is 2.03. The van der Waals surface area contributed by atoms with Crippen molar-refractivity contribution in [1.82, 2.24) is 0 Å². The minimum atomic E-state index is 0.454. The molecule has 0 radical (unpaired) electrons. The average molecular weight is 253 g/mol. The number of rotatable bonds is 5. The van der Waals surface area contributed by atoms with E-state index in [9.17, 15) is 0 Å². The van der Waals surface area contributed by atoms with Crippen LogP contribution in [-0.4, -0.2) is 6.61 Å². The summed E-state index contributed by atoms with van der Waals surface area (Å²) in [6.45, 7) is 3.00. The van der Waals surface area contributed by atoms with E-state index in [1.807, 2.05) is 43.3 Å². The Bertz CT molecular complexity index is 570. The van der Waals surface area contributed by atoms with E-state index in [2.05, 4.69) is 6.07 Å². The number of hydrogen-bond donors (Lipinski definition) is 0. The highest BCUT2D eigenvalue weighted by Crippen LogP contribution is 2.27. The Morgan fingerprint density at radius 1 is 0.947 bits per heavy atom. The van der Waals surface area contributed by atoms with Gasteiger partial charge in [-0.1, -0.05) is 24.3 Å². The zero-order chi connectivity index (χ0) is 13.5. The largest absolute Gasteiger partial charge is 0.490 e. The van der Waals surface area contributed by atoms with E-state index in [0.717, 1.165) is 17.1 Å². The second-order valence-electron chi connectivity index (χ2n) is 3.98. The van der Waals surface area contributed by atoms with Gasteiger partial charge in [-0.3, -0.25) is 0 Å². The normalized spacial score (nSPS) is 9.68. The molecule has 0 unspecified atom stereocenters. The molecule has 3 nitrogen and oxygen atoms in total. The first-order valence-electron chi connectivity index (χ1n) is 6.17. The van der Waals surface area contributed by atoms with Gasteiger partial charge in [0.05, 0.1) is 18.2 Å². The van der Waals surface area contributed by atoms with Crippen LogP contribution in [0.2, 0.25) is 0 Å². The van der Waals surface area contributed by atoms with E-state index in [4.69, 9.17) is 14.7 Å². The molecule has 0 N–H and O–H groups in total. The number of para-hydroxylation sites is 2. The van der Waals surface area contributed by atoms with Crippen LogP contribution < -0.4 is 9.47 Å². The molecule has 3 heteroatoms. The summed E-state index contributed by atoms with van der Waals surface area (Å²) in [4.78, 5) is 0. The fourth-order valence-electron chi connectivity index (χ4n) is 1.68. The van der Waals surface area contributed by atoms with Crippen molar-refractivity contribution in [2.24, 2.45) is 0 Å². The van der Waals surface area contributed by atoms with Crippen LogP contribution in [0.1, 0.15) is 18.1 Å². The molecule has 0 aliphatic rings. The van der Waals surface area contributed by atoms with Crippen LogP contribution in [0.15, 0.2) is 48.5 Å². The molecule has 0 aliphatic carbocycles. The van der Waals surface area contributed by atoms with Gasteiger partial charge in [0, 0.05) is 0 Å². The van der Waals surface area contributed by atoms with Gasteiger partial charge in [0.25, 0.3) is 0 Å². The lowest BCUT2D eigenvalue weighted by molar-refractivity contribution is 0.269. The number of nitriles is 1. The highest BCUT2D eigenvalue weighted by atomic mass is 16.5. The van der Waals surface area contributed by atoms with Crippen molar-refractivity contribution < 1.29 is 9.47 Å². The van der Waals surface area contributed by atoms with Gasteiger partial charge in [-0.05, 0) is 36.8 Å². The molecule has 0 aliphatic heterocycles. The van der Waals surface area contributed by atoms with E-state index < -0.39 is 0 Å². The standard InChI is InChI=1S/C16H15NO2/c1-2-18-15-5-3-4-6-16(15)19-12-14-9-7-13(11-17)8-10-14/h3-10H,2,12H2,1H3. The van der Waals surface area contributed by atoms with Crippen LogP contribution in [0.4, 0.5) is 0 Å². The summed E-state index contributed by atoms with van der Waals surface area (Å²) >= 11 is 0. The lowest BCUT2D eigenvalue weighted by Gasteiger charge is -2.11. The van der Waals surface area contributed by atoms with Crippen molar-refractivity contribution in [2.75, 3.05) is 6.61 Å². The van der Waals surface area contributed by atoms with Crippen LogP contribution in [0, 0.1) is 11.3 Å². The Kier molecular flexibility index (Phi) is 4.41. The Labute approximate surface area is 113 Å². The smallest absolute Gasteiger partial charge is 0.161 e. The summed E-state index contributed by atoms with van der Waals surface area (Å²) in [6.07, 6.45) is 0. The van der Waals surface area contributed by atoms with E-state index in [0.29, 0.717) is 18.8 Å². The molecule has 0 fully saturated rings. The van der Waals surface area contributed by atoms with Crippen LogP contribution in [0.5, 0.6) is 11.5 Å². The maximum absolute atomic E-state index is 8.73. The molecule has 0 bridgehead atoms. The summed E-state index contributed by atoms with van der Waals surface area (Å²) in [7, 11) is 0. The van der Waals surface area contributed by atoms with Gasteiger partial charge in [0.2, 0.25) is 0 Å². The molecule has 0 amide bonds. The van der Waals surface area contributed by atoms with Crippen LogP contribution in [0.3, 0.4) is 0 Å². The molecular formula is C16H15NO2. The quantitative estimate of drug-likeness (QED) is 0.818. The second-order valence-corrected chi connectivity index (χ2v) is 3.98. The molecule has 2 rings (SSSR count). The predicted molar refractivity (Wildman–Crippen MR) is 73.1 cm³/mol. The van der Waals surface area contributed by atoms with E-state index in [1.54, 1.807) is 12.1 Å². The maximum atomic E-state index is 8.73. The van der Waals surface area contributed by atoms with Crippen LogP contribution >= 0.6 is 0 Å². The van der Waals surface area contributed by atoms with Gasteiger partial charge in [0.1, 0.15) is 6.61 Å². The molecule has 0 atom stereocenters. The molecule has 2 aromatic rings. The predicted octanol–water partition coefficient (Wildman–Crippen LogP) is 3.54. The number of benzene rings is 2. The number of hydrogen-bond acceptors (Lipinski definition) is 3. The minimum Gasteiger partial charge on any atom is -0.490 e. The topological polar surface area (TPSA) is 42.2 Å². The van der Waals surface area contributed by atoms with Crippen molar-refractivity contribution in [1.29, 1.82) is 5.26 Å². The van der Waals surface area contributed by atoms with Gasteiger partial charge >= 0.3 is 0 Å². The molecule has 0 saturated carbocycles. The first-order chi connectivity index (χ1) is 9.33.